The molecule has 3 nitrogen and oxygen atoms in total. The standard InChI is InChI=1S/C11H13NO2/c1-3-5-11(13)12(7-4-2)10-6-8-14-9-10/h3-4,6,8-9H,1-2,5,7H2. The zero-order valence-corrected chi connectivity index (χ0v) is 7.98. The topological polar surface area (TPSA) is 33.5 Å². The van der Waals surface area contributed by atoms with Gasteiger partial charge in [0.2, 0.25) is 5.91 Å². The van der Waals surface area contributed by atoms with Gasteiger partial charge in [-0.3, -0.25) is 4.79 Å². The zero-order valence-electron chi connectivity index (χ0n) is 7.98. The van der Waals surface area contributed by atoms with Gasteiger partial charge < -0.3 is 9.32 Å². The van der Waals surface area contributed by atoms with Gasteiger partial charge in [0, 0.05) is 19.0 Å². The summed E-state index contributed by atoms with van der Waals surface area (Å²) in [6.07, 6.45) is 6.64. The summed E-state index contributed by atoms with van der Waals surface area (Å²) < 4.78 is 4.92. The van der Waals surface area contributed by atoms with E-state index in [1.165, 1.54) is 12.5 Å². The van der Waals surface area contributed by atoms with Crippen LogP contribution >= 0.6 is 0 Å². The maximum atomic E-state index is 11.6. The van der Waals surface area contributed by atoms with E-state index in [-0.39, 0.29) is 5.91 Å². The van der Waals surface area contributed by atoms with Crippen molar-refractivity contribution in [2.24, 2.45) is 0 Å². The number of furan rings is 1. The van der Waals surface area contributed by atoms with E-state index in [4.69, 9.17) is 4.42 Å². The van der Waals surface area contributed by atoms with E-state index < -0.39 is 0 Å². The maximum Gasteiger partial charge on any atom is 0.231 e. The Morgan fingerprint density at radius 3 is 2.79 bits per heavy atom. The Morgan fingerprint density at radius 2 is 2.29 bits per heavy atom. The molecule has 14 heavy (non-hydrogen) atoms. The second-order valence-electron chi connectivity index (χ2n) is 2.77. The number of anilines is 1. The molecule has 0 bridgehead atoms. The molecule has 74 valence electrons. The second kappa shape index (κ2) is 5.07. The summed E-state index contributed by atoms with van der Waals surface area (Å²) in [7, 11) is 0. The van der Waals surface area contributed by atoms with Gasteiger partial charge in [-0.25, -0.2) is 0 Å². The molecule has 0 N–H and O–H groups in total. The van der Waals surface area contributed by atoms with Gasteiger partial charge in [-0.05, 0) is 0 Å². The molecule has 0 spiro atoms. The Balaban J connectivity index is 2.78. The Hall–Kier alpha value is -1.77. The molecule has 1 amide bonds. The fourth-order valence-electron chi connectivity index (χ4n) is 1.12. The van der Waals surface area contributed by atoms with Crippen LogP contribution in [0.5, 0.6) is 0 Å². The van der Waals surface area contributed by atoms with Crippen LogP contribution in [0.15, 0.2) is 48.3 Å². The van der Waals surface area contributed by atoms with Crippen LogP contribution in [0.1, 0.15) is 6.42 Å². The average Bonchev–Trinajstić information content (AvgIpc) is 2.67. The molecule has 1 aromatic rings. The summed E-state index contributed by atoms with van der Waals surface area (Å²) in [5.41, 5.74) is 0.747. The lowest BCUT2D eigenvalue weighted by Crippen LogP contribution is -2.29. The van der Waals surface area contributed by atoms with E-state index in [1.807, 2.05) is 0 Å². The molecule has 0 unspecified atom stereocenters. The van der Waals surface area contributed by atoms with Crippen molar-refractivity contribution in [3.8, 4) is 0 Å². The van der Waals surface area contributed by atoms with E-state index in [9.17, 15) is 4.79 Å². The minimum atomic E-state index is -0.0127. The summed E-state index contributed by atoms with van der Waals surface area (Å²) >= 11 is 0. The van der Waals surface area contributed by atoms with Gasteiger partial charge in [0.15, 0.2) is 0 Å². The highest BCUT2D eigenvalue weighted by Gasteiger charge is 2.13. The molecule has 0 radical (unpaired) electrons. The predicted molar refractivity (Wildman–Crippen MR) is 56.1 cm³/mol. The van der Waals surface area contributed by atoms with Crippen LogP contribution in [0.4, 0.5) is 5.69 Å². The van der Waals surface area contributed by atoms with Crippen molar-refractivity contribution in [3.05, 3.63) is 43.9 Å². The molecule has 0 atom stereocenters. The third kappa shape index (κ3) is 2.36. The molecule has 0 aliphatic rings. The Labute approximate surface area is 83.3 Å². The lowest BCUT2D eigenvalue weighted by atomic mass is 10.3. The van der Waals surface area contributed by atoms with Crippen LogP contribution in [-0.4, -0.2) is 12.5 Å². The molecule has 1 aromatic heterocycles. The fourth-order valence-corrected chi connectivity index (χ4v) is 1.12. The first-order chi connectivity index (χ1) is 6.79. The van der Waals surface area contributed by atoms with Crippen molar-refractivity contribution >= 4 is 11.6 Å². The molecule has 0 aliphatic heterocycles. The van der Waals surface area contributed by atoms with Gasteiger partial charge in [-0.1, -0.05) is 12.2 Å². The monoisotopic (exact) mass is 191 g/mol. The second-order valence-corrected chi connectivity index (χ2v) is 2.77. The number of carbonyl (C=O) groups excluding carboxylic acids is 1. The molecular weight excluding hydrogens is 178 g/mol. The van der Waals surface area contributed by atoms with Gasteiger partial charge >= 0.3 is 0 Å². The highest BCUT2D eigenvalue weighted by atomic mass is 16.3. The first-order valence-electron chi connectivity index (χ1n) is 4.34. The predicted octanol–water partition coefficient (Wildman–Crippen LogP) is 2.37. The van der Waals surface area contributed by atoms with Crippen molar-refractivity contribution in [1.29, 1.82) is 0 Å². The van der Waals surface area contributed by atoms with Crippen molar-refractivity contribution in [3.63, 3.8) is 0 Å². The summed E-state index contributed by atoms with van der Waals surface area (Å²) in [6.45, 7) is 7.61. The average molecular weight is 191 g/mol. The summed E-state index contributed by atoms with van der Waals surface area (Å²) in [6, 6.07) is 1.74. The summed E-state index contributed by atoms with van der Waals surface area (Å²) in [5.74, 6) is -0.0127. The molecular formula is C11H13NO2. The van der Waals surface area contributed by atoms with Crippen molar-refractivity contribution in [2.45, 2.75) is 6.42 Å². The molecule has 1 heterocycles. The van der Waals surface area contributed by atoms with Gasteiger partial charge in [0.05, 0.1) is 12.0 Å². The molecule has 0 aliphatic carbocycles. The van der Waals surface area contributed by atoms with Gasteiger partial charge in [0.25, 0.3) is 0 Å². The van der Waals surface area contributed by atoms with Gasteiger partial charge in [-0.15, -0.1) is 13.2 Å². The van der Waals surface area contributed by atoms with E-state index in [2.05, 4.69) is 13.2 Å². The van der Waals surface area contributed by atoms with E-state index in [1.54, 1.807) is 23.1 Å². The normalized spacial score (nSPS) is 9.43. The van der Waals surface area contributed by atoms with E-state index in [0.717, 1.165) is 5.69 Å². The Kier molecular flexibility index (Phi) is 3.73. The number of carbonyl (C=O) groups is 1. The molecule has 0 fully saturated rings. The molecule has 0 saturated carbocycles. The van der Waals surface area contributed by atoms with Crippen LogP contribution in [0.3, 0.4) is 0 Å². The minimum Gasteiger partial charge on any atom is -0.470 e. The van der Waals surface area contributed by atoms with Crippen molar-refractivity contribution in [2.75, 3.05) is 11.4 Å². The first kappa shape index (κ1) is 10.3. The van der Waals surface area contributed by atoms with E-state index >= 15 is 0 Å². The molecule has 0 aromatic carbocycles. The lowest BCUT2D eigenvalue weighted by Gasteiger charge is -2.17. The van der Waals surface area contributed by atoms with Crippen LogP contribution in [0.25, 0.3) is 0 Å². The minimum absolute atomic E-state index is 0.0127. The number of amides is 1. The maximum absolute atomic E-state index is 11.6. The van der Waals surface area contributed by atoms with Crippen LogP contribution in [0, 0.1) is 0 Å². The highest BCUT2D eigenvalue weighted by molar-refractivity contribution is 5.94. The largest absolute Gasteiger partial charge is 0.470 e. The fraction of sp³-hybridized carbons (Fsp3) is 0.182. The molecule has 3 heteroatoms. The SMILES string of the molecule is C=CCC(=O)N(CC=C)c1ccoc1. The number of rotatable bonds is 5. The molecule has 1 rings (SSSR count). The lowest BCUT2D eigenvalue weighted by molar-refractivity contribution is -0.117. The third-order valence-corrected chi connectivity index (χ3v) is 1.75. The number of hydrogen-bond acceptors (Lipinski definition) is 2. The molecule has 0 saturated heterocycles. The summed E-state index contributed by atoms with van der Waals surface area (Å²) in [5, 5.41) is 0. The van der Waals surface area contributed by atoms with Crippen molar-refractivity contribution < 1.29 is 9.21 Å². The van der Waals surface area contributed by atoms with Crippen LogP contribution in [0.2, 0.25) is 0 Å². The van der Waals surface area contributed by atoms with Crippen LogP contribution in [-0.2, 0) is 4.79 Å². The van der Waals surface area contributed by atoms with Gasteiger partial charge in [0.1, 0.15) is 6.26 Å². The smallest absolute Gasteiger partial charge is 0.231 e. The van der Waals surface area contributed by atoms with Crippen LogP contribution < -0.4 is 4.90 Å². The number of hydrogen-bond donors (Lipinski definition) is 0. The highest BCUT2D eigenvalue weighted by Crippen LogP contribution is 2.15. The summed E-state index contributed by atoms with van der Waals surface area (Å²) in [4.78, 5) is 13.2. The van der Waals surface area contributed by atoms with Crippen molar-refractivity contribution in [1.82, 2.24) is 0 Å². The first-order valence-corrected chi connectivity index (χ1v) is 4.34. The van der Waals surface area contributed by atoms with Gasteiger partial charge in [-0.2, -0.15) is 0 Å². The zero-order chi connectivity index (χ0) is 10.4. The quantitative estimate of drug-likeness (QED) is 0.669. The Morgan fingerprint density at radius 1 is 1.50 bits per heavy atom. The number of nitrogens with zero attached hydrogens (tertiary/aromatic N) is 1. The Bertz CT molecular complexity index is 314. The third-order valence-electron chi connectivity index (χ3n) is 1.75. The van der Waals surface area contributed by atoms with E-state index in [0.29, 0.717) is 13.0 Å².